The van der Waals surface area contributed by atoms with E-state index in [1.54, 1.807) is 0 Å². The van der Waals surface area contributed by atoms with Crippen LogP contribution in [0.25, 0.3) is 0 Å². The van der Waals surface area contributed by atoms with Crippen molar-refractivity contribution in [1.29, 1.82) is 0 Å². The molecule has 0 spiro atoms. The van der Waals surface area contributed by atoms with Gasteiger partial charge in [0.15, 0.2) is 0 Å². The lowest BCUT2D eigenvalue weighted by molar-refractivity contribution is -0.133. The zero-order chi connectivity index (χ0) is 9.78. The number of carbonyl (C=O) groups is 1. The fraction of sp³-hybridized carbons (Fsp3) is 0.833. The summed E-state index contributed by atoms with van der Waals surface area (Å²) in [6.07, 6.45) is -5.20. The molecule has 2 amide bonds. The van der Waals surface area contributed by atoms with Crippen LogP contribution < -0.4 is 5.32 Å². The summed E-state index contributed by atoms with van der Waals surface area (Å²) in [4.78, 5) is 11.9. The number of halogens is 3. The maximum absolute atomic E-state index is 11.5. The molecular formula is C6H11F3N2O. The first-order chi connectivity index (χ1) is 5.33. The van der Waals surface area contributed by atoms with E-state index in [0.29, 0.717) is 0 Å². The van der Waals surface area contributed by atoms with E-state index in [9.17, 15) is 18.0 Å². The number of urea groups is 1. The topological polar surface area (TPSA) is 32.3 Å². The van der Waals surface area contributed by atoms with E-state index in [4.69, 9.17) is 0 Å². The summed E-state index contributed by atoms with van der Waals surface area (Å²) >= 11 is 0. The zero-order valence-corrected chi connectivity index (χ0v) is 6.90. The Hall–Kier alpha value is -0.940. The van der Waals surface area contributed by atoms with Crippen LogP contribution in [-0.4, -0.2) is 37.7 Å². The highest BCUT2D eigenvalue weighted by Crippen LogP contribution is 2.17. The predicted molar refractivity (Wildman–Crippen MR) is 37.8 cm³/mol. The van der Waals surface area contributed by atoms with Crippen LogP contribution in [0.2, 0.25) is 0 Å². The van der Waals surface area contributed by atoms with Gasteiger partial charge in [0.05, 0.1) is 6.42 Å². The second-order valence-corrected chi connectivity index (χ2v) is 2.49. The third kappa shape index (κ3) is 5.82. The van der Waals surface area contributed by atoms with E-state index in [0.717, 1.165) is 0 Å². The molecule has 0 atom stereocenters. The van der Waals surface area contributed by atoms with Crippen LogP contribution in [0, 0.1) is 0 Å². The molecule has 0 aromatic heterocycles. The fourth-order valence-corrected chi connectivity index (χ4v) is 0.469. The molecule has 0 aliphatic heterocycles. The Morgan fingerprint density at radius 3 is 2.25 bits per heavy atom. The van der Waals surface area contributed by atoms with Crippen molar-refractivity contribution in [3.8, 4) is 0 Å². The standard InChI is InChI=1S/C6H11F3N2O/c1-11(2)5(12)10-4-3-6(7,8)9/h3-4H2,1-2H3,(H,10,12). The van der Waals surface area contributed by atoms with Gasteiger partial charge in [-0.25, -0.2) is 4.79 Å². The van der Waals surface area contributed by atoms with Crippen LogP contribution in [0.4, 0.5) is 18.0 Å². The van der Waals surface area contributed by atoms with Crippen molar-refractivity contribution in [2.45, 2.75) is 12.6 Å². The molecule has 6 heteroatoms. The summed E-state index contributed by atoms with van der Waals surface area (Å²) in [7, 11) is 2.92. The lowest BCUT2D eigenvalue weighted by Crippen LogP contribution is -2.36. The van der Waals surface area contributed by atoms with E-state index in [1.807, 2.05) is 0 Å². The van der Waals surface area contributed by atoms with Gasteiger partial charge >= 0.3 is 12.2 Å². The normalized spacial score (nSPS) is 11.1. The first-order valence-electron chi connectivity index (χ1n) is 3.35. The van der Waals surface area contributed by atoms with E-state index in [-0.39, 0.29) is 6.54 Å². The minimum atomic E-state index is -4.21. The number of hydrogen-bond donors (Lipinski definition) is 1. The highest BCUT2D eigenvalue weighted by molar-refractivity contribution is 5.73. The van der Waals surface area contributed by atoms with Crippen molar-refractivity contribution >= 4 is 6.03 Å². The van der Waals surface area contributed by atoms with Gasteiger partial charge in [-0.1, -0.05) is 0 Å². The highest BCUT2D eigenvalue weighted by Gasteiger charge is 2.26. The average molecular weight is 184 g/mol. The molecule has 0 fully saturated rings. The van der Waals surface area contributed by atoms with Crippen molar-refractivity contribution in [3.05, 3.63) is 0 Å². The van der Waals surface area contributed by atoms with Crippen LogP contribution in [-0.2, 0) is 0 Å². The number of alkyl halides is 3. The Bertz CT molecular complexity index is 155. The summed E-state index contributed by atoms with van der Waals surface area (Å²) in [6.45, 7) is -0.374. The largest absolute Gasteiger partial charge is 0.390 e. The van der Waals surface area contributed by atoms with Crippen molar-refractivity contribution in [1.82, 2.24) is 10.2 Å². The zero-order valence-electron chi connectivity index (χ0n) is 6.90. The summed E-state index contributed by atoms with van der Waals surface area (Å²) in [5.74, 6) is 0. The number of rotatable bonds is 2. The van der Waals surface area contributed by atoms with Gasteiger partial charge in [0.25, 0.3) is 0 Å². The van der Waals surface area contributed by atoms with Crippen LogP contribution in [0.15, 0.2) is 0 Å². The molecule has 0 saturated carbocycles. The molecule has 0 aromatic carbocycles. The average Bonchev–Trinajstić information content (AvgIpc) is 1.84. The molecule has 3 nitrogen and oxygen atoms in total. The molecule has 0 bridgehead atoms. The summed E-state index contributed by atoms with van der Waals surface area (Å²) in [5.41, 5.74) is 0. The van der Waals surface area contributed by atoms with Gasteiger partial charge in [-0.2, -0.15) is 13.2 Å². The predicted octanol–water partition coefficient (Wildman–Crippen LogP) is 1.21. The Morgan fingerprint density at radius 2 is 1.92 bits per heavy atom. The monoisotopic (exact) mass is 184 g/mol. The van der Waals surface area contributed by atoms with Crippen LogP contribution in [0.1, 0.15) is 6.42 Å². The lowest BCUT2D eigenvalue weighted by atomic mass is 10.4. The molecule has 0 heterocycles. The van der Waals surface area contributed by atoms with Crippen molar-refractivity contribution < 1.29 is 18.0 Å². The summed E-state index contributed by atoms with van der Waals surface area (Å²) < 4.78 is 34.6. The van der Waals surface area contributed by atoms with Gasteiger partial charge in [0.1, 0.15) is 0 Å². The molecule has 0 aromatic rings. The maximum Gasteiger partial charge on any atom is 0.390 e. The van der Waals surface area contributed by atoms with Crippen LogP contribution >= 0.6 is 0 Å². The Labute approximate surface area is 68.5 Å². The number of nitrogens with one attached hydrogen (secondary N) is 1. The minimum Gasteiger partial charge on any atom is -0.338 e. The second kappa shape index (κ2) is 4.18. The highest BCUT2D eigenvalue weighted by atomic mass is 19.4. The molecule has 0 aliphatic carbocycles. The minimum absolute atomic E-state index is 0.374. The van der Waals surface area contributed by atoms with Gasteiger partial charge in [-0.15, -0.1) is 0 Å². The molecule has 0 saturated heterocycles. The number of hydrogen-bond acceptors (Lipinski definition) is 1. The van der Waals surface area contributed by atoms with E-state index < -0.39 is 18.6 Å². The number of amides is 2. The quantitative estimate of drug-likeness (QED) is 0.687. The maximum atomic E-state index is 11.5. The van der Waals surface area contributed by atoms with Gasteiger partial charge in [-0.05, 0) is 0 Å². The van der Waals surface area contributed by atoms with Crippen molar-refractivity contribution in [2.24, 2.45) is 0 Å². The van der Waals surface area contributed by atoms with Gasteiger partial charge < -0.3 is 10.2 Å². The lowest BCUT2D eigenvalue weighted by Gasteiger charge is -2.12. The third-order valence-corrected chi connectivity index (χ3v) is 1.09. The van der Waals surface area contributed by atoms with Gasteiger partial charge in [0.2, 0.25) is 0 Å². The number of carbonyl (C=O) groups excluding carboxylic acids is 1. The smallest absolute Gasteiger partial charge is 0.338 e. The van der Waals surface area contributed by atoms with Gasteiger partial charge in [-0.3, -0.25) is 0 Å². The van der Waals surface area contributed by atoms with Gasteiger partial charge in [0, 0.05) is 20.6 Å². The summed E-state index contributed by atoms with van der Waals surface area (Å²) in [6, 6.07) is -0.515. The Balaban J connectivity index is 3.51. The molecule has 0 rings (SSSR count). The molecule has 0 radical (unpaired) electrons. The Morgan fingerprint density at radius 1 is 1.42 bits per heavy atom. The number of nitrogens with zero attached hydrogens (tertiary/aromatic N) is 1. The first-order valence-corrected chi connectivity index (χ1v) is 3.35. The second-order valence-electron chi connectivity index (χ2n) is 2.49. The van der Waals surface area contributed by atoms with E-state index >= 15 is 0 Å². The third-order valence-electron chi connectivity index (χ3n) is 1.09. The van der Waals surface area contributed by atoms with Crippen molar-refractivity contribution in [3.63, 3.8) is 0 Å². The molecule has 0 unspecified atom stereocenters. The Kier molecular flexibility index (Phi) is 3.85. The molecule has 72 valence electrons. The van der Waals surface area contributed by atoms with Crippen molar-refractivity contribution in [2.75, 3.05) is 20.6 Å². The van der Waals surface area contributed by atoms with E-state index in [1.165, 1.54) is 19.0 Å². The van der Waals surface area contributed by atoms with E-state index in [2.05, 4.69) is 5.32 Å². The van der Waals surface area contributed by atoms with Crippen LogP contribution in [0.3, 0.4) is 0 Å². The molecule has 1 N–H and O–H groups in total. The molecular weight excluding hydrogens is 173 g/mol. The molecule has 12 heavy (non-hydrogen) atoms. The summed E-state index contributed by atoms with van der Waals surface area (Å²) in [5, 5.41) is 2.11. The SMILES string of the molecule is CN(C)C(=O)NCCC(F)(F)F. The molecule has 0 aliphatic rings. The first kappa shape index (κ1) is 11.1. The fourth-order valence-electron chi connectivity index (χ4n) is 0.469. The van der Waals surface area contributed by atoms with Crippen LogP contribution in [0.5, 0.6) is 0 Å².